The Hall–Kier alpha value is -1.33. The summed E-state index contributed by atoms with van der Waals surface area (Å²) in [7, 11) is 0. The topological polar surface area (TPSA) is 109 Å². The molecule has 14 heavy (non-hydrogen) atoms. The van der Waals surface area contributed by atoms with Crippen molar-refractivity contribution in [2.24, 2.45) is 0 Å². The number of rotatable bonds is 3. The van der Waals surface area contributed by atoms with Crippen LogP contribution in [0.4, 0.5) is 0 Å². The highest BCUT2D eigenvalue weighted by Gasteiger charge is 2.34. The highest BCUT2D eigenvalue weighted by atomic mass is 32.2. The van der Waals surface area contributed by atoms with Crippen LogP contribution in [0.5, 0.6) is 0 Å². The van der Waals surface area contributed by atoms with Gasteiger partial charge in [0.2, 0.25) is 4.87 Å². The lowest BCUT2D eigenvalue weighted by Gasteiger charge is -2.25. The molecule has 6 nitrogen and oxygen atoms in total. The summed E-state index contributed by atoms with van der Waals surface area (Å²) in [5.74, 6) is 0. The number of hydroxylamine groups is 1. The Morgan fingerprint density at radius 2 is 2.43 bits per heavy atom. The molecule has 1 rings (SSSR count). The number of hydrogen-bond acceptors (Lipinski definition) is 6. The van der Waals surface area contributed by atoms with Gasteiger partial charge < -0.3 is 9.76 Å². The molecule has 2 N–H and O–H groups in total. The Morgan fingerprint density at radius 3 is 2.79 bits per heavy atom. The van der Waals surface area contributed by atoms with Crippen LogP contribution in [-0.4, -0.2) is 19.0 Å². The SMILES string of the molecule is N#C[C@@](NO)(c1ccccn1)S(=O)[O-]. The minimum absolute atomic E-state index is 0.0849. The molecule has 2 atom stereocenters. The number of pyridine rings is 1. The lowest BCUT2D eigenvalue weighted by molar-refractivity contribution is 0.125. The minimum Gasteiger partial charge on any atom is -0.770 e. The number of nitrogens with zero attached hydrogens (tertiary/aromatic N) is 2. The van der Waals surface area contributed by atoms with E-state index in [0.29, 0.717) is 0 Å². The summed E-state index contributed by atoms with van der Waals surface area (Å²) in [5, 5.41) is 17.4. The molecule has 0 saturated heterocycles. The molecular formula is C7H6N3O3S-. The second kappa shape index (κ2) is 4.26. The van der Waals surface area contributed by atoms with E-state index in [1.54, 1.807) is 6.07 Å². The smallest absolute Gasteiger partial charge is 0.232 e. The molecule has 0 fully saturated rings. The van der Waals surface area contributed by atoms with Gasteiger partial charge in [0.05, 0.1) is 5.69 Å². The number of aromatic nitrogens is 1. The van der Waals surface area contributed by atoms with Gasteiger partial charge in [-0.3, -0.25) is 9.19 Å². The number of hydrogen-bond donors (Lipinski definition) is 2. The fraction of sp³-hybridized carbons (Fsp3) is 0.143. The summed E-state index contributed by atoms with van der Waals surface area (Å²) in [6.45, 7) is 0. The van der Waals surface area contributed by atoms with Gasteiger partial charge in [0, 0.05) is 6.20 Å². The van der Waals surface area contributed by atoms with Crippen molar-refractivity contribution >= 4 is 11.1 Å². The Bertz CT molecular complexity index is 378. The van der Waals surface area contributed by atoms with Crippen molar-refractivity contribution in [2.75, 3.05) is 0 Å². The maximum Gasteiger partial charge on any atom is 0.232 e. The quantitative estimate of drug-likeness (QED) is 0.522. The van der Waals surface area contributed by atoms with E-state index in [1.165, 1.54) is 29.9 Å². The van der Waals surface area contributed by atoms with Crippen LogP contribution in [0.1, 0.15) is 5.69 Å². The van der Waals surface area contributed by atoms with Crippen LogP contribution in [0.15, 0.2) is 24.4 Å². The predicted molar refractivity (Wildman–Crippen MR) is 45.4 cm³/mol. The summed E-state index contributed by atoms with van der Waals surface area (Å²) < 4.78 is 21.6. The van der Waals surface area contributed by atoms with Gasteiger partial charge in [-0.1, -0.05) is 6.07 Å². The van der Waals surface area contributed by atoms with Crippen LogP contribution in [0.3, 0.4) is 0 Å². The second-order valence-electron chi connectivity index (χ2n) is 2.35. The average molecular weight is 212 g/mol. The Labute approximate surface area is 82.4 Å². The fourth-order valence-corrected chi connectivity index (χ4v) is 1.31. The van der Waals surface area contributed by atoms with Gasteiger partial charge in [-0.15, -0.1) is 0 Å². The molecule has 1 aromatic heterocycles. The first-order valence-electron chi connectivity index (χ1n) is 3.51. The van der Waals surface area contributed by atoms with Crippen molar-refractivity contribution in [1.29, 1.82) is 5.26 Å². The van der Waals surface area contributed by atoms with E-state index in [2.05, 4.69) is 4.98 Å². The largest absolute Gasteiger partial charge is 0.770 e. The monoisotopic (exact) mass is 212 g/mol. The maximum absolute atomic E-state index is 10.8. The van der Waals surface area contributed by atoms with Crippen LogP contribution in [0.2, 0.25) is 0 Å². The third-order valence-electron chi connectivity index (χ3n) is 1.59. The zero-order valence-corrected chi connectivity index (χ0v) is 7.69. The van der Waals surface area contributed by atoms with Crippen molar-refractivity contribution in [3.8, 4) is 6.07 Å². The number of nitrogens with one attached hydrogen (secondary N) is 1. The molecule has 0 aliphatic carbocycles. The first kappa shape index (κ1) is 10.7. The van der Waals surface area contributed by atoms with Crippen LogP contribution in [0.25, 0.3) is 0 Å². The third-order valence-corrected chi connectivity index (χ3v) is 2.48. The maximum atomic E-state index is 10.8. The molecule has 0 saturated carbocycles. The Morgan fingerprint density at radius 1 is 1.71 bits per heavy atom. The van der Waals surface area contributed by atoms with Crippen molar-refractivity contribution in [2.45, 2.75) is 4.87 Å². The zero-order valence-electron chi connectivity index (χ0n) is 6.88. The van der Waals surface area contributed by atoms with Crippen LogP contribution >= 0.6 is 0 Å². The molecule has 0 aliphatic heterocycles. The molecule has 74 valence electrons. The first-order valence-corrected chi connectivity index (χ1v) is 4.58. The van der Waals surface area contributed by atoms with Crippen LogP contribution in [-0.2, 0) is 16.0 Å². The molecule has 0 aromatic carbocycles. The van der Waals surface area contributed by atoms with Gasteiger partial charge in [-0.2, -0.15) is 10.7 Å². The first-order chi connectivity index (χ1) is 6.67. The second-order valence-corrected chi connectivity index (χ2v) is 3.44. The van der Waals surface area contributed by atoms with Crippen molar-refractivity contribution in [1.82, 2.24) is 10.5 Å². The minimum atomic E-state index is -2.85. The molecule has 1 unspecified atom stereocenters. The molecule has 7 heteroatoms. The van der Waals surface area contributed by atoms with Gasteiger partial charge in [0.1, 0.15) is 6.07 Å². The molecule has 0 amide bonds. The van der Waals surface area contributed by atoms with Gasteiger partial charge in [0.25, 0.3) is 0 Å². The molecule has 1 aromatic rings. The van der Waals surface area contributed by atoms with E-state index in [0.717, 1.165) is 0 Å². The third kappa shape index (κ3) is 1.64. The Balaban J connectivity index is 3.27. The molecule has 1 heterocycles. The van der Waals surface area contributed by atoms with E-state index in [1.807, 2.05) is 0 Å². The normalized spacial score (nSPS) is 16.6. The van der Waals surface area contributed by atoms with Crippen molar-refractivity contribution in [3.63, 3.8) is 0 Å². The fourth-order valence-electron chi connectivity index (χ4n) is 0.870. The summed E-state index contributed by atoms with van der Waals surface area (Å²) in [4.78, 5) is 1.47. The number of nitriles is 1. The molecule has 0 radical (unpaired) electrons. The van der Waals surface area contributed by atoms with E-state index in [4.69, 9.17) is 10.5 Å². The summed E-state index contributed by atoms with van der Waals surface area (Å²) in [5.41, 5.74) is 1.36. The van der Waals surface area contributed by atoms with Gasteiger partial charge >= 0.3 is 0 Å². The molecule has 0 bridgehead atoms. The van der Waals surface area contributed by atoms with Crippen LogP contribution < -0.4 is 5.48 Å². The highest BCUT2D eigenvalue weighted by molar-refractivity contribution is 7.80. The molecule has 0 spiro atoms. The van der Waals surface area contributed by atoms with Crippen LogP contribution in [0, 0.1) is 11.3 Å². The summed E-state index contributed by atoms with van der Waals surface area (Å²) >= 11 is -2.85. The van der Waals surface area contributed by atoms with Crippen molar-refractivity contribution in [3.05, 3.63) is 30.1 Å². The van der Waals surface area contributed by atoms with E-state index >= 15 is 0 Å². The van der Waals surface area contributed by atoms with Gasteiger partial charge in [-0.25, -0.2) is 0 Å². The van der Waals surface area contributed by atoms with Crippen molar-refractivity contribution < 1.29 is 14.0 Å². The Kier molecular flexibility index (Phi) is 3.27. The highest BCUT2D eigenvalue weighted by Crippen LogP contribution is 2.20. The standard InChI is InChI=1S/C7H7N3O3S/c8-5-7(10-11,14(12)13)6-3-1-2-4-9-6/h1-4,10-11H,(H,12,13)/p-1/t7-/m0/s1. The predicted octanol–water partition coefficient (Wildman–Crippen LogP) is -0.384. The average Bonchev–Trinajstić information content (AvgIpc) is 2.22. The zero-order chi connectivity index (χ0) is 10.6. The molecular weight excluding hydrogens is 206 g/mol. The van der Waals surface area contributed by atoms with Gasteiger partial charge in [0.15, 0.2) is 0 Å². The van der Waals surface area contributed by atoms with E-state index in [9.17, 15) is 8.76 Å². The van der Waals surface area contributed by atoms with Gasteiger partial charge in [-0.05, 0) is 23.2 Å². The lowest BCUT2D eigenvalue weighted by atomic mass is 10.2. The summed E-state index contributed by atoms with van der Waals surface area (Å²) in [6.07, 6.45) is 1.33. The summed E-state index contributed by atoms with van der Waals surface area (Å²) in [6, 6.07) is 5.85. The van der Waals surface area contributed by atoms with E-state index < -0.39 is 16.0 Å². The van der Waals surface area contributed by atoms with E-state index in [-0.39, 0.29) is 5.69 Å². The lowest BCUT2D eigenvalue weighted by Crippen LogP contribution is -2.43. The molecule has 0 aliphatic rings.